The number of pyridine rings is 3. The van der Waals surface area contributed by atoms with Crippen LogP contribution in [0, 0.1) is 11.3 Å². The van der Waals surface area contributed by atoms with Gasteiger partial charge in [0.25, 0.3) is 0 Å². The number of hydrogen-bond donors (Lipinski definition) is 1. The van der Waals surface area contributed by atoms with E-state index in [0.717, 1.165) is 28.8 Å². The molecule has 1 N–H and O–H groups in total. The van der Waals surface area contributed by atoms with E-state index in [9.17, 15) is 0 Å². The summed E-state index contributed by atoms with van der Waals surface area (Å²) in [7, 11) is 0. The Morgan fingerprint density at radius 3 is 2.14 bits per heavy atom. The van der Waals surface area contributed by atoms with Crippen molar-refractivity contribution in [2.24, 2.45) is 0 Å². The van der Waals surface area contributed by atoms with Crippen molar-refractivity contribution in [3.8, 4) is 6.07 Å². The molecule has 29 heavy (non-hydrogen) atoms. The summed E-state index contributed by atoms with van der Waals surface area (Å²) in [5, 5.41) is 12.3. The molecule has 140 valence electrons. The summed E-state index contributed by atoms with van der Waals surface area (Å²) in [4.78, 5) is 12.9. The van der Waals surface area contributed by atoms with Crippen LogP contribution in [0.1, 0.15) is 28.2 Å². The lowest BCUT2D eigenvalue weighted by molar-refractivity contribution is 0.795. The molecule has 0 radical (unpaired) electrons. The van der Waals surface area contributed by atoms with Crippen molar-refractivity contribution in [3.05, 3.63) is 114 Å². The number of hydrogen-bond acceptors (Lipinski definition) is 5. The van der Waals surface area contributed by atoms with E-state index in [1.54, 1.807) is 24.7 Å². The lowest BCUT2D eigenvalue weighted by Crippen LogP contribution is -2.08. The van der Waals surface area contributed by atoms with Gasteiger partial charge in [0.05, 0.1) is 5.56 Å². The summed E-state index contributed by atoms with van der Waals surface area (Å²) < 4.78 is 0. The van der Waals surface area contributed by atoms with Crippen molar-refractivity contribution in [2.75, 3.05) is 5.32 Å². The average Bonchev–Trinajstić information content (AvgIpc) is 2.80. The molecule has 0 unspecified atom stereocenters. The highest BCUT2D eigenvalue weighted by atomic mass is 15.0. The summed E-state index contributed by atoms with van der Waals surface area (Å²) >= 11 is 0. The van der Waals surface area contributed by atoms with E-state index in [2.05, 4.69) is 44.5 Å². The first-order chi connectivity index (χ1) is 14.3. The first-order valence-electron chi connectivity index (χ1n) is 9.34. The molecule has 0 aliphatic heterocycles. The van der Waals surface area contributed by atoms with Gasteiger partial charge in [-0.25, -0.2) is 4.98 Å². The topological polar surface area (TPSA) is 74.5 Å². The van der Waals surface area contributed by atoms with Gasteiger partial charge in [0, 0.05) is 42.6 Å². The van der Waals surface area contributed by atoms with Crippen LogP contribution >= 0.6 is 0 Å². The predicted molar refractivity (Wildman–Crippen MR) is 113 cm³/mol. The molecule has 0 aliphatic carbocycles. The SMILES string of the molecule is N#Cc1ccc(Nc2ccccc2CC(c2cccnc2)c2cccnc2)nc1. The highest BCUT2D eigenvalue weighted by molar-refractivity contribution is 5.61. The number of nitriles is 1. The van der Waals surface area contributed by atoms with Gasteiger partial charge >= 0.3 is 0 Å². The van der Waals surface area contributed by atoms with Gasteiger partial charge < -0.3 is 5.32 Å². The minimum atomic E-state index is 0.134. The molecule has 4 aromatic rings. The van der Waals surface area contributed by atoms with E-state index < -0.39 is 0 Å². The molecule has 0 fully saturated rings. The summed E-state index contributed by atoms with van der Waals surface area (Å²) in [5.41, 5.74) is 4.98. The van der Waals surface area contributed by atoms with Gasteiger partial charge in [-0.3, -0.25) is 9.97 Å². The molecule has 0 saturated heterocycles. The molecular formula is C24H19N5. The van der Waals surface area contributed by atoms with E-state index in [1.165, 1.54) is 0 Å². The molecule has 0 atom stereocenters. The Labute approximate surface area is 169 Å². The van der Waals surface area contributed by atoms with Crippen LogP contribution in [-0.2, 0) is 6.42 Å². The van der Waals surface area contributed by atoms with Crippen LogP contribution in [0.2, 0.25) is 0 Å². The molecule has 3 heterocycles. The van der Waals surface area contributed by atoms with Crippen LogP contribution in [0.3, 0.4) is 0 Å². The van der Waals surface area contributed by atoms with Crippen molar-refractivity contribution in [1.82, 2.24) is 15.0 Å². The molecular weight excluding hydrogens is 358 g/mol. The van der Waals surface area contributed by atoms with Gasteiger partial charge in [0.15, 0.2) is 0 Å². The van der Waals surface area contributed by atoms with Gasteiger partial charge in [0.2, 0.25) is 0 Å². The second kappa shape index (κ2) is 8.77. The molecule has 5 heteroatoms. The van der Waals surface area contributed by atoms with Crippen molar-refractivity contribution in [2.45, 2.75) is 12.3 Å². The number of para-hydroxylation sites is 1. The summed E-state index contributed by atoms with van der Waals surface area (Å²) in [6.07, 6.45) is 9.76. The number of nitrogens with one attached hydrogen (secondary N) is 1. The number of aromatic nitrogens is 3. The third kappa shape index (κ3) is 4.45. The summed E-state index contributed by atoms with van der Waals surface area (Å²) in [5.74, 6) is 0.838. The fourth-order valence-corrected chi connectivity index (χ4v) is 3.30. The highest BCUT2D eigenvalue weighted by Crippen LogP contribution is 2.31. The standard InChI is InChI=1S/C24H19N5/c25-14-18-9-10-24(28-15-18)29-23-8-2-1-5-19(23)13-22(20-6-3-11-26-16-20)21-7-4-12-27-17-21/h1-12,15-17,22H,13H2,(H,28,29). The molecule has 0 spiro atoms. The zero-order chi connectivity index (χ0) is 19.9. The van der Waals surface area contributed by atoms with E-state index in [0.29, 0.717) is 11.4 Å². The third-order valence-electron chi connectivity index (χ3n) is 4.77. The van der Waals surface area contributed by atoms with Crippen LogP contribution in [0.15, 0.2) is 91.6 Å². The lowest BCUT2D eigenvalue weighted by atomic mass is 9.87. The van der Waals surface area contributed by atoms with Gasteiger partial charge in [-0.05, 0) is 53.4 Å². The minimum absolute atomic E-state index is 0.134. The monoisotopic (exact) mass is 377 g/mol. The quantitative estimate of drug-likeness (QED) is 0.519. The second-order valence-corrected chi connectivity index (χ2v) is 6.66. The number of rotatable bonds is 6. The highest BCUT2D eigenvalue weighted by Gasteiger charge is 2.17. The van der Waals surface area contributed by atoms with E-state index in [4.69, 9.17) is 5.26 Å². The van der Waals surface area contributed by atoms with Gasteiger partial charge in [-0.2, -0.15) is 5.26 Å². The zero-order valence-corrected chi connectivity index (χ0v) is 15.7. The van der Waals surface area contributed by atoms with E-state index in [1.807, 2.05) is 48.8 Å². The van der Waals surface area contributed by atoms with Gasteiger partial charge in [0.1, 0.15) is 11.9 Å². The number of anilines is 2. The maximum Gasteiger partial charge on any atom is 0.130 e. The van der Waals surface area contributed by atoms with E-state index >= 15 is 0 Å². The maximum atomic E-state index is 8.96. The molecule has 3 aromatic heterocycles. The molecule has 0 saturated carbocycles. The summed E-state index contributed by atoms with van der Waals surface area (Å²) in [6.45, 7) is 0. The Kier molecular flexibility index (Phi) is 5.54. The fourth-order valence-electron chi connectivity index (χ4n) is 3.30. The van der Waals surface area contributed by atoms with Crippen molar-refractivity contribution in [3.63, 3.8) is 0 Å². The van der Waals surface area contributed by atoms with Crippen LogP contribution < -0.4 is 5.32 Å². The Morgan fingerprint density at radius 2 is 1.55 bits per heavy atom. The van der Waals surface area contributed by atoms with Crippen LogP contribution in [-0.4, -0.2) is 15.0 Å². The smallest absolute Gasteiger partial charge is 0.130 e. The second-order valence-electron chi connectivity index (χ2n) is 6.66. The Bertz CT molecular complexity index is 1060. The van der Waals surface area contributed by atoms with Crippen molar-refractivity contribution < 1.29 is 0 Å². The lowest BCUT2D eigenvalue weighted by Gasteiger charge is -2.20. The Balaban J connectivity index is 1.65. The van der Waals surface area contributed by atoms with Crippen molar-refractivity contribution in [1.29, 1.82) is 5.26 Å². The minimum Gasteiger partial charge on any atom is -0.340 e. The molecule has 0 aliphatic rings. The Hall–Kier alpha value is -4.04. The molecule has 1 aromatic carbocycles. The molecule has 0 bridgehead atoms. The normalized spacial score (nSPS) is 10.5. The number of benzene rings is 1. The predicted octanol–water partition coefficient (Wildman–Crippen LogP) is 4.86. The van der Waals surface area contributed by atoms with E-state index in [-0.39, 0.29) is 5.92 Å². The fraction of sp³-hybridized carbons (Fsp3) is 0.0833. The first kappa shape index (κ1) is 18.3. The van der Waals surface area contributed by atoms with Crippen molar-refractivity contribution >= 4 is 11.5 Å². The van der Waals surface area contributed by atoms with Gasteiger partial charge in [-0.1, -0.05) is 30.3 Å². The average molecular weight is 377 g/mol. The zero-order valence-electron chi connectivity index (χ0n) is 15.7. The number of nitrogens with zero attached hydrogens (tertiary/aromatic N) is 4. The van der Waals surface area contributed by atoms with Crippen LogP contribution in [0.4, 0.5) is 11.5 Å². The molecule has 0 amide bonds. The Morgan fingerprint density at radius 1 is 0.828 bits per heavy atom. The first-order valence-corrected chi connectivity index (χ1v) is 9.34. The third-order valence-corrected chi connectivity index (χ3v) is 4.77. The van der Waals surface area contributed by atoms with Gasteiger partial charge in [-0.15, -0.1) is 0 Å². The van der Waals surface area contributed by atoms with Crippen LogP contribution in [0.25, 0.3) is 0 Å². The molecule has 4 rings (SSSR count). The van der Waals surface area contributed by atoms with Crippen LogP contribution in [0.5, 0.6) is 0 Å². The maximum absolute atomic E-state index is 8.96. The molecule has 5 nitrogen and oxygen atoms in total. The summed E-state index contributed by atoms with van der Waals surface area (Å²) in [6, 6.07) is 22.0. The largest absolute Gasteiger partial charge is 0.340 e.